The Balaban J connectivity index is 1.38. The predicted molar refractivity (Wildman–Crippen MR) is 114 cm³/mol. The average Bonchev–Trinajstić information content (AvgIpc) is 2.80. The Morgan fingerprint density at radius 3 is 2.83 bits per heavy atom. The first-order valence-electron chi connectivity index (χ1n) is 10.9. The molecule has 7 nitrogen and oxygen atoms in total. The van der Waals surface area contributed by atoms with Crippen LogP contribution < -0.4 is 15.0 Å². The first kappa shape index (κ1) is 19.2. The Kier molecular flexibility index (Phi) is 4.98. The SMILES string of the molecule is CC1CNC2C=C(N3CCOc4cc(C(=O)N5CCCCC5)ccc43)C=CN2C1=O. The Morgan fingerprint density at radius 1 is 1.17 bits per heavy atom. The van der Waals surface area contributed by atoms with Crippen LogP contribution in [0.4, 0.5) is 5.69 Å². The van der Waals surface area contributed by atoms with Gasteiger partial charge in [-0.05, 0) is 49.6 Å². The fraction of sp³-hybridized carbons (Fsp3) is 0.478. The normalized spacial score (nSPS) is 26.0. The second-order valence-electron chi connectivity index (χ2n) is 8.44. The van der Waals surface area contributed by atoms with E-state index in [4.69, 9.17) is 4.74 Å². The molecule has 4 aliphatic heterocycles. The van der Waals surface area contributed by atoms with Gasteiger partial charge in [0.1, 0.15) is 18.5 Å². The Hall–Kier alpha value is -2.80. The van der Waals surface area contributed by atoms with Gasteiger partial charge in [-0.2, -0.15) is 0 Å². The van der Waals surface area contributed by atoms with Gasteiger partial charge in [0.2, 0.25) is 5.91 Å². The lowest BCUT2D eigenvalue weighted by Crippen LogP contribution is -2.56. The number of piperidine rings is 1. The zero-order valence-electron chi connectivity index (χ0n) is 17.3. The van der Waals surface area contributed by atoms with Crippen LogP contribution in [0, 0.1) is 5.92 Å². The summed E-state index contributed by atoms with van der Waals surface area (Å²) in [4.78, 5) is 31.2. The number of rotatable bonds is 2. The van der Waals surface area contributed by atoms with Crippen molar-refractivity contribution in [2.24, 2.45) is 5.92 Å². The maximum absolute atomic E-state index is 12.9. The summed E-state index contributed by atoms with van der Waals surface area (Å²) >= 11 is 0. The van der Waals surface area contributed by atoms with E-state index in [1.807, 2.05) is 42.3 Å². The molecule has 0 spiro atoms. The van der Waals surface area contributed by atoms with Crippen LogP contribution in [0.25, 0.3) is 0 Å². The van der Waals surface area contributed by atoms with E-state index in [1.165, 1.54) is 6.42 Å². The Labute approximate surface area is 176 Å². The zero-order valence-corrected chi connectivity index (χ0v) is 17.3. The van der Waals surface area contributed by atoms with Gasteiger partial charge in [-0.25, -0.2) is 0 Å². The molecular weight excluding hydrogens is 380 g/mol. The van der Waals surface area contributed by atoms with E-state index in [9.17, 15) is 9.59 Å². The number of hydrogen-bond donors (Lipinski definition) is 1. The Bertz CT molecular complexity index is 919. The fourth-order valence-corrected chi connectivity index (χ4v) is 4.63. The van der Waals surface area contributed by atoms with Gasteiger partial charge in [0.15, 0.2) is 0 Å². The highest BCUT2D eigenvalue weighted by Crippen LogP contribution is 2.36. The number of nitrogens with one attached hydrogen (secondary N) is 1. The minimum Gasteiger partial charge on any atom is -0.490 e. The van der Waals surface area contributed by atoms with Crippen molar-refractivity contribution in [1.29, 1.82) is 0 Å². The molecule has 2 saturated heterocycles. The first-order valence-corrected chi connectivity index (χ1v) is 10.9. The predicted octanol–water partition coefficient (Wildman–Crippen LogP) is 2.32. The minimum atomic E-state index is -0.125. The number of likely N-dealkylation sites (tertiary alicyclic amines) is 1. The second kappa shape index (κ2) is 7.80. The lowest BCUT2D eigenvalue weighted by Gasteiger charge is -2.40. The van der Waals surface area contributed by atoms with E-state index >= 15 is 0 Å². The van der Waals surface area contributed by atoms with Gasteiger partial charge in [0, 0.05) is 43.0 Å². The van der Waals surface area contributed by atoms with Gasteiger partial charge in [0.05, 0.1) is 12.2 Å². The maximum Gasteiger partial charge on any atom is 0.253 e. The van der Waals surface area contributed by atoms with Crippen LogP contribution in [0.5, 0.6) is 5.75 Å². The minimum absolute atomic E-state index is 0.0131. The summed E-state index contributed by atoms with van der Waals surface area (Å²) in [6, 6.07) is 5.76. The number of ether oxygens (including phenoxy) is 1. The van der Waals surface area contributed by atoms with Gasteiger partial charge in [-0.3, -0.25) is 19.8 Å². The van der Waals surface area contributed by atoms with Crippen LogP contribution in [0.1, 0.15) is 36.5 Å². The molecule has 0 aromatic heterocycles. The molecule has 4 aliphatic rings. The van der Waals surface area contributed by atoms with Crippen molar-refractivity contribution in [2.45, 2.75) is 32.4 Å². The number of carbonyl (C=O) groups is 2. The van der Waals surface area contributed by atoms with Gasteiger partial charge < -0.3 is 14.5 Å². The molecule has 0 radical (unpaired) electrons. The topological polar surface area (TPSA) is 65.1 Å². The molecule has 158 valence electrons. The summed E-state index contributed by atoms with van der Waals surface area (Å²) < 4.78 is 5.92. The highest BCUT2D eigenvalue weighted by molar-refractivity contribution is 5.95. The van der Waals surface area contributed by atoms with Crippen LogP contribution >= 0.6 is 0 Å². The number of fused-ring (bicyclic) bond motifs is 2. The van der Waals surface area contributed by atoms with Crippen molar-refractivity contribution >= 4 is 17.5 Å². The molecule has 1 N–H and O–H groups in total. The highest BCUT2D eigenvalue weighted by atomic mass is 16.5. The van der Waals surface area contributed by atoms with Crippen molar-refractivity contribution < 1.29 is 14.3 Å². The van der Waals surface area contributed by atoms with Crippen LogP contribution in [0.15, 0.2) is 42.2 Å². The molecule has 1 aromatic rings. The Morgan fingerprint density at radius 2 is 2.00 bits per heavy atom. The van der Waals surface area contributed by atoms with Crippen molar-refractivity contribution in [3.8, 4) is 5.75 Å². The van der Waals surface area contributed by atoms with Crippen LogP contribution in [-0.4, -0.2) is 60.6 Å². The number of allylic oxidation sites excluding steroid dienone is 1. The zero-order chi connectivity index (χ0) is 20.7. The summed E-state index contributed by atoms with van der Waals surface area (Å²) in [5.74, 6) is 0.959. The molecule has 1 aromatic carbocycles. The number of benzene rings is 1. The third kappa shape index (κ3) is 3.37. The van der Waals surface area contributed by atoms with Crippen LogP contribution in [0.3, 0.4) is 0 Å². The third-order valence-corrected chi connectivity index (χ3v) is 6.37. The fourth-order valence-electron chi connectivity index (χ4n) is 4.63. The van der Waals surface area contributed by atoms with E-state index < -0.39 is 0 Å². The van der Waals surface area contributed by atoms with Crippen molar-refractivity contribution in [3.05, 3.63) is 47.8 Å². The summed E-state index contributed by atoms with van der Waals surface area (Å²) in [6.07, 6.45) is 9.17. The lowest BCUT2D eigenvalue weighted by molar-refractivity contribution is -0.136. The van der Waals surface area contributed by atoms with E-state index in [-0.39, 0.29) is 23.9 Å². The number of nitrogens with zero attached hydrogens (tertiary/aromatic N) is 3. The van der Waals surface area contributed by atoms with E-state index in [0.29, 0.717) is 18.7 Å². The first-order chi connectivity index (χ1) is 14.6. The number of amides is 2. The maximum atomic E-state index is 12.9. The molecule has 5 rings (SSSR count). The van der Waals surface area contributed by atoms with Crippen LogP contribution in [0.2, 0.25) is 0 Å². The molecule has 0 aliphatic carbocycles. The van der Waals surface area contributed by atoms with Crippen molar-refractivity contribution in [1.82, 2.24) is 15.1 Å². The molecule has 0 bridgehead atoms. The highest BCUT2D eigenvalue weighted by Gasteiger charge is 2.33. The molecule has 2 unspecified atom stereocenters. The average molecular weight is 409 g/mol. The van der Waals surface area contributed by atoms with Gasteiger partial charge in [-0.15, -0.1) is 0 Å². The number of carbonyl (C=O) groups excluding carboxylic acids is 2. The second-order valence-corrected chi connectivity index (χ2v) is 8.44. The standard InChI is InChI=1S/C23H28N4O3/c1-16-15-24-21-14-18(7-10-27(21)22(16)28)26-11-12-30-20-13-17(5-6-19(20)26)23(29)25-8-3-2-4-9-25/h5-7,10,13-14,16,21,24H,2-4,8-9,11-12,15H2,1H3. The van der Waals surface area contributed by atoms with Crippen LogP contribution in [-0.2, 0) is 4.79 Å². The molecule has 7 heteroatoms. The molecule has 0 saturated carbocycles. The van der Waals surface area contributed by atoms with E-state index in [0.717, 1.165) is 49.6 Å². The summed E-state index contributed by atoms with van der Waals surface area (Å²) in [5.41, 5.74) is 2.67. The van der Waals surface area contributed by atoms with E-state index in [1.54, 1.807) is 4.90 Å². The van der Waals surface area contributed by atoms with Gasteiger partial charge >= 0.3 is 0 Å². The van der Waals surface area contributed by atoms with Crippen molar-refractivity contribution in [2.75, 3.05) is 37.7 Å². The largest absolute Gasteiger partial charge is 0.490 e. The quantitative estimate of drug-likeness (QED) is 0.814. The summed E-state index contributed by atoms with van der Waals surface area (Å²) in [7, 11) is 0. The molecule has 30 heavy (non-hydrogen) atoms. The molecule has 2 atom stereocenters. The molecule has 2 fully saturated rings. The third-order valence-electron chi connectivity index (χ3n) is 6.37. The molecular formula is C23H28N4O3. The van der Waals surface area contributed by atoms with Gasteiger partial charge in [0.25, 0.3) is 5.91 Å². The summed E-state index contributed by atoms with van der Waals surface area (Å²) in [5, 5.41) is 3.42. The number of hydrogen-bond acceptors (Lipinski definition) is 5. The lowest BCUT2D eigenvalue weighted by atomic mass is 10.0. The smallest absolute Gasteiger partial charge is 0.253 e. The van der Waals surface area contributed by atoms with Crippen molar-refractivity contribution in [3.63, 3.8) is 0 Å². The molecule has 4 heterocycles. The molecule has 2 amide bonds. The van der Waals surface area contributed by atoms with Gasteiger partial charge in [-0.1, -0.05) is 6.92 Å². The van der Waals surface area contributed by atoms with E-state index in [2.05, 4.69) is 16.3 Å². The summed E-state index contributed by atoms with van der Waals surface area (Å²) in [6.45, 7) is 5.57. The monoisotopic (exact) mass is 408 g/mol. The number of anilines is 1.